The number of furan rings is 1. The van der Waals surface area contributed by atoms with Gasteiger partial charge in [0.2, 0.25) is 0 Å². The molecule has 74 valence electrons. The van der Waals surface area contributed by atoms with E-state index in [1.807, 2.05) is 25.1 Å². The van der Waals surface area contributed by atoms with E-state index in [1.54, 1.807) is 6.07 Å². The van der Waals surface area contributed by atoms with Crippen molar-refractivity contribution in [3.05, 3.63) is 47.8 Å². The van der Waals surface area contributed by atoms with Crippen molar-refractivity contribution in [2.75, 3.05) is 0 Å². The fraction of sp³-hybridized carbons (Fsp3) is 0.0769. The molecule has 0 saturated heterocycles. The number of hydrogen-bond acceptors (Lipinski definition) is 1. The van der Waals surface area contributed by atoms with E-state index in [1.165, 1.54) is 12.1 Å². The quantitative estimate of drug-likeness (QED) is 0.534. The summed E-state index contributed by atoms with van der Waals surface area (Å²) >= 11 is 0. The van der Waals surface area contributed by atoms with Gasteiger partial charge in [0.25, 0.3) is 0 Å². The second kappa shape index (κ2) is 2.83. The van der Waals surface area contributed by atoms with Gasteiger partial charge in [-0.1, -0.05) is 12.1 Å². The number of benzene rings is 2. The number of hydrogen-bond donors (Lipinski definition) is 0. The van der Waals surface area contributed by atoms with Gasteiger partial charge in [-0.15, -0.1) is 0 Å². The number of aryl methyl sites for hydroxylation is 1. The van der Waals surface area contributed by atoms with Crippen LogP contribution in [0.4, 0.5) is 4.39 Å². The summed E-state index contributed by atoms with van der Waals surface area (Å²) in [6.07, 6.45) is 0. The van der Waals surface area contributed by atoms with E-state index in [2.05, 4.69) is 0 Å². The molecular weight excluding hydrogens is 191 g/mol. The number of fused-ring (bicyclic) bond motifs is 3. The van der Waals surface area contributed by atoms with Gasteiger partial charge in [-0.2, -0.15) is 0 Å². The van der Waals surface area contributed by atoms with Crippen molar-refractivity contribution in [2.45, 2.75) is 6.92 Å². The van der Waals surface area contributed by atoms with Gasteiger partial charge in [-0.3, -0.25) is 0 Å². The molecule has 0 aliphatic carbocycles. The Kier molecular flexibility index (Phi) is 1.60. The van der Waals surface area contributed by atoms with Crippen molar-refractivity contribution in [1.29, 1.82) is 0 Å². The average molecular weight is 200 g/mol. The maximum Gasteiger partial charge on any atom is 0.135 e. The predicted molar refractivity (Wildman–Crippen MR) is 58.4 cm³/mol. The maximum absolute atomic E-state index is 13.1. The van der Waals surface area contributed by atoms with Gasteiger partial charge in [0, 0.05) is 10.8 Å². The number of halogens is 1. The van der Waals surface area contributed by atoms with Crippen LogP contribution in [0.15, 0.2) is 40.8 Å². The fourth-order valence-electron chi connectivity index (χ4n) is 1.98. The van der Waals surface area contributed by atoms with Crippen LogP contribution in [0.1, 0.15) is 5.56 Å². The molecule has 2 heteroatoms. The van der Waals surface area contributed by atoms with Crippen LogP contribution in [0.2, 0.25) is 0 Å². The normalized spacial score (nSPS) is 11.3. The Hall–Kier alpha value is -1.83. The van der Waals surface area contributed by atoms with E-state index in [4.69, 9.17) is 4.42 Å². The summed E-state index contributed by atoms with van der Waals surface area (Å²) in [5.41, 5.74) is 2.66. The van der Waals surface area contributed by atoms with E-state index >= 15 is 0 Å². The summed E-state index contributed by atoms with van der Waals surface area (Å²) in [6, 6.07) is 10.5. The molecule has 0 atom stereocenters. The van der Waals surface area contributed by atoms with Gasteiger partial charge < -0.3 is 4.42 Å². The Morgan fingerprint density at radius 3 is 2.80 bits per heavy atom. The Balaban J connectivity index is 2.61. The van der Waals surface area contributed by atoms with Crippen molar-refractivity contribution in [3.8, 4) is 0 Å². The summed E-state index contributed by atoms with van der Waals surface area (Å²) in [5, 5.41) is 1.86. The van der Waals surface area contributed by atoms with E-state index < -0.39 is 0 Å². The maximum atomic E-state index is 13.1. The highest BCUT2D eigenvalue weighted by molar-refractivity contribution is 6.06. The summed E-state index contributed by atoms with van der Waals surface area (Å²) in [6.45, 7) is 2.00. The highest BCUT2D eigenvalue weighted by Gasteiger charge is 2.08. The van der Waals surface area contributed by atoms with Crippen molar-refractivity contribution >= 4 is 21.9 Å². The van der Waals surface area contributed by atoms with Crippen molar-refractivity contribution in [3.63, 3.8) is 0 Å². The third-order valence-electron chi connectivity index (χ3n) is 2.67. The molecule has 1 nitrogen and oxygen atoms in total. The minimum atomic E-state index is -0.228. The van der Waals surface area contributed by atoms with Crippen LogP contribution < -0.4 is 0 Å². The first-order valence-electron chi connectivity index (χ1n) is 4.83. The van der Waals surface area contributed by atoms with E-state index in [9.17, 15) is 4.39 Å². The van der Waals surface area contributed by atoms with Crippen LogP contribution in [0.25, 0.3) is 21.9 Å². The van der Waals surface area contributed by atoms with Crippen LogP contribution in [-0.4, -0.2) is 0 Å². The van der Waals surface area contributed by atoms with E-state index in [0.29, 0.717) is 0 Å². The highest BCUT2D eigenvalue weighted by Crippen LogP contribution is 2.31. The molecule has 0 aliphatic heterocycles. The molecule has 3 aromatic rings. The van der Waals surface area contributed by atoms with Crippen LogP contribution in [0, 0.1) is 12.7 Å². The van der Waals surface area contributed by atoms with Crippen LogP contribution in [-0.2, 0) is 0 Å². The lowest BCUT2D eigenvalue weighted by molar-refractivity contribution is 0.626. The molecule has 1 heterocycles. The second-order valence-corrected chi connectivity index (χ2v) is 3.69. The molecule has 1 aromatic heterocycles. The monoisotopic (exact) mass is 200 g/mol. The van der Waals surface area contributed by atoms with Crippen LogP contribution in [0.3, 0.4) is 0 Å². The molecule has 0 unspecified atom stereocenters. The minimum Gasteiger partial charge on any atom is -0.456 e. The van der Waals surface area contributed by atoms with Crippen LogP contribution in [0.5, 0.6) is 0 Å². The van der Waals surface area contributed by atoms with Gasteiger partial charge >= 0.3 is 0 Å². The molecule has 0 N–H and O–H groups in total. The zero-order valence-corrected chi connectivity index (χ0v) is 8.25. The summed E-state index contributed by atoms with van der Waals surface area (Å²) in [5.74, 6) is -0.228. The topological polar surface area (TPSA) is 13.1 Å². The third-order valence-corrected chi connectivity index (χ3v) is 2.67. The van der Waals surface area contributed by atoms with Gasteiger partial charge in [-0.25, -0.2) is 4.39 Å². The average Bonchev–Trinajstić information content (AvgIpc) is 2.57. The molecule has 0 fully saturated rings. The molecule has 15 heavy (non-hydrogen) atoms. The van der Waals surface area contributed by atoms with Gasteiger partial charge in [-0.05, 0) is 36.8 Å². The van der Waals surface area contributed by atoms with Crippen LogP contribution >= 0.6 is 0 Å². The Labute approximate surface area is 86.1 Å². The molecule has 0 saturated carbocycles. The molecule has 3 rings (SSSR count). The summed E-state index contributed by atoms with van der Waals surface area (Å²) < 4.78 is 18.8. The lowest BCUT2D eigenvalue weighted by Gasteiger charge is -1.94. The fourth-order valence-corrected chi connectivity index (χ4v) is 1.98. The molecule has 0 amide bonds. The number of rotatable bonds is 0. The van der Waals surface area contributed by atoms with E-state index in [0.717, 1.165) is 27.5 Å². The van der Waals surface area contributed by atoms with E-state index in [-0.39, 0.29) is 5.82 Å². The first-order valence-corrected chi connectivity index (χ1v) is 4.83. The Bertz CT molecular complexity index is 652. The van der Waals surface area contributed by atoms with Crippen molar-refractivity contribution in [2.24, 2.45) is 0 Å². The Morgan fingerprint density at radius 2 is 1.93 bits per heavy atom. The van der Waals surface area contributed by atoms with Crippen molar-refractivity contribution < 1.29 is 8.81 Å². The van der Waals surface area contributed by atoms with Gasteiger partial charge in [0.1, 0.15) is 17.0 Å². The second-order valence-electron chi connectivity index (χ2n) is 3.69. The smallest absolute Gasteiger partial charge is 0.135 e. The highest BCUT2D eigenvalue weighted by atomic mass is 19.1. The van der Waals surface area contributed by atoms with Gasteiger partial charge in [0.05, 0.1) is 0 Å². The van der Waals surface area contributed by atoms with Gasteiger partial charge in [0.15, 0.2) is 0 Å². The lowest BCUT2D eigenvalue weighted by Crippen LogP contribution is -1.75. The molecule has 0 bridgehead atoms. The molecule has 2 aromatic carbocycles. The molecular formula is C13H9FO. The molecule has 0 radical (unpaired) electrons. The zero-order valence-electron chi connectivity index (χ0n) is 8.25. The molecule has 0 aliphatic rings. The first kappa shape index (κ1) is 8.48. The Morgan fingerprint density at radius 1 is 1.07 bits per heavy atom. The minimum absolute atomic E-state index is 0.228. The predicted octanol–water partition coefficient (Wildman–Crippen LogP) is 4.03. The summed E-state index contributed by atoms with van der Waals surface area (Å²) in [7, 11) is 0. The third kappa shape index (κ3) is 1.14. The zero-order chi connectivity index (χ0) is 10.4. The standard InChI is InChI=1S/C13H9FO/c1-8-3-2-4-12-13(8)10-7-9(14)5-6-11(10)15-12/h2-7H,1H3. The lowest BCUT2D eigenvalue weighted by atomic mass is 10.1. The SMILES string of the molecule is Cc1cccc2oc3ccc(F)cc3c12. The first-order chi connectivity index (χ1) is 7.25. The van der Waals surface area contributed by atoms with Crippen molar-refractivity contribution in [1.82, 2.24) is 0 Å². The molecule has 0 spiro atoms. The largest absolute Gasteiger partial charge is 0.456 e. The summed E-state index contributed by atoms with van der Waals surface area (Å²) in [4.78, 5) is 0.